The number of rotatable bonds is 5. The van der Waals surface area contributed by atoms with Gasteiger partial charge in [0.2, 0.25) is 5.91 Å². The quantitative estimate of drug-likeness (QED) is 0.794. The van der Waals surface area contributed by atoms with Crippen LogP contribution in [0.15, 0.2) is 54.6 Å². The van der Waals surface area contributed by atoms with Gasteiger partial charge < -0.3 is 9.80 Å². The molecule has 2 aromatic carbocycles. The van der Waals surface area contributed by atoms with Crippen LogP contribution in [0.4, 0.5) is 10.1 Å². The zero-order valence-electron chi connectivity index (χ0n) is 16.3. The molecule has 5 heteroatoms. The second kappa shape index (κ2) is 8.84. The average Bonchev–Trinajstić information content (AvgIpc) is 2.91. The van der Waals surface area contributed by atoms with E-state index in [2.05, 4.69) is 9.80 Å². The van der Waals surface area contributed by atoms with Crippen LogP contribution in [-0.4, -0.2) is 55.0 Å². The van der Waals surface area contributed by atoms with Crippen molar-refractivity contribution in [1.29, 1.82) is 0 Å². The standard InChI is InChI=1S/C23H28FN3O/c24-21-7-4-6-19(14-21)16-25-10-5-11-26(13-12-25)17-20-15-23(28)27(18-20)22-8-2-1-3-9-22/h1-4,6-9,14,20H,5,10-13,15-18H2/t20-/m1/s1. The van der Waals surface area contributed by atoms with Gasteiger partial charge in [0.25, 0.3) is 0 Å². The Labute approximate surface area is 166 Å². The van der Waals surface area contributed by atoms with Gasteiger partial charge in [0.05, 0.1) is 0 Å². The Kier molecular flexibility index (Phi) is 6.03. The molecule has 2 aliphatic rings. The maximum absolute atomic E-state index is 13.4. The molecular formula is C23H28FN3O. The molecule has 0 saturated carbocycles. The van der Waals surface area contributed by atoms with Crippen molar-refractivity contribution >= 4 is 11.6 Å². The highest BCUT2D eigenvalue weighted by molar-refractivity contribution is 5.95. The molecule has 0 N–H and O–H groups in total. The third-order valence-electron chi connectivity index (χ3n) is 5.77. The Bertz CT molecular complexity index is 797. The molecule has 4 rings (SSSR count). The Morgan fingerprint density at radius 2 is 1.71 bits per heavy atom. The zero-order chi connectivity index (χ0) is 19.3. The summed E-state index contributed by atoms with van der Waals surface area (Å²) in [7, 11) is 0. The van der Waals surface area contributed by atoms with Gasteiger partial charge >= 0.3 is 0 Å². The summed E-state index contributed by atoms with van der Waals surface area (Å²) in [4.78, 5) is 19.3. The van der Waals surface area contributed by atoms with Crippen molar-refractivity contribution in [3.63, 3.8) is 0 Å². The van der Waals surface area contributed by atoms with Crippen molar-refractivity contribution in [1.82, 2.24) is 9.80 Å². The number of anilines is 1. The van der Waals surface area contributed by atoms with Crippen molar-refractivity contribution in [2.75, 3.05) is 44.2 Å². The van der Waals surface area contributed by atoms with E-state index in [9.17, 15) is 9.18 Å². The maximum atomic E-state index is 13.4. The third kappa shape index (κ3) is 4.78. The van der Waals surface area contributed by atoms with E-state index in [1.54, 1.807) is 12.1 Å². The van der Waals surface area contributed by atoms with E-state index < -0.39 is 0 Å². The lowest BCUT2D eigenvalue weighted by Crippen LogP contribution is -2.34. The molecule has 0 spiro atoms. The van der Waals surface area contributed by atoms with Crippen LogP contribution in [0, 0.1) is 11.7 Å². The van der Waals surface area contributed by atoms with Crippen LogP contribution < -0.4 is 4.90 Å². The first-order valence-electron chi connectivity index (χ1n) is 10.2. The van der Waals surface area contributed by atoms with E-state index in [1.807, 2.05) is 41.3 Å². The number of para-hydroxylation sites is 1. The number of carbonyl (C=O) groups is 1. The van der Waals surface area contributed by atoms with E-state index in [1.165, 1.54) is 6.07 Å². The number of halogens is 1. The fraction of sp³-hybridized carbons (Fsp3) is 0.435. The first kappa shape index (κ1) is 19.1. The van der Waals surface area contributed by atoms with E-state index in [0.717, 1.165) is 63.5 Å². The Morgan fingerprint density at radius 3 is 2.54 bits per heavy atom. The third-order valence-corrected chi connectivity index (χ3v) is 5.77. The Balaban J connectivity index is 1.29. The monoisotopic (exact) mass is 381 g/mol. The normalized spacial score (nSPS) is 21.8. The van der Waals surface area contributed by atoms with Crippen molar-refractivity contribution in [2.45, 2.75) is 19.4 Å². The minimum absolute atomic E-state index is 0.164. The number of benzene rings is 2. The Hall–Kier alpha value is -2.24. The lowest BCUT2D eigenvalue weighted by molar-refractivity contribution is -0.117. The predicted octanol–water partition coefficient (Wildman–Crippen LogP) is 3.39. The van der Waals surface area contributed by atoms with Crippen molar-refractivity contribution in [3.8, 4) is 0 Å². The molecule has 28 heavy (non-hydrogen) atoms. The first-order chi connectivity index (χ1) is 13.7. The maximum Gasteiger partial charge on any atom is 0.227 e. The van der Waals surface area contributed by atoms with Crippen LogP contribution >= 0.6 is 0 Å². The van der Waals surface area contributed by atoms with E-state index in [0.29, 0.717) is 12.3 Å². The predicted molar refractivity (Wildman–Crippen MR) is 110 cm³/mol. The lowest BCUT2D eigenvalue weighted by atomic mass is 10.1. The SMILES string of the molecule is O=C1C[C@H](CN2CCCN(Cc3cccc(F)c3)CC2)CN1c1ccccc1. The zero-order valence-corrected chi connectivity index (χ0v) is 16.3. The summed E-state index contributed by atoms with van der Waals surface area (Å²) in [6, 6.07) is 16.9. The van der Waals surface area contributed by atoms with E-state index in [4.69, 9.17) is 0 Å². The van der Waals surface area contributed by atoms with Gasteiger partial charge in [-0.15, -0.1) is 0 Å². The molecule has 1 atom stereocenters. The summed E-state index contributed by atoms with van der Waals surface area (Å²) in [6.45, 7) is 6.68. The molecule has 2 saturated heterocycles. The molecule has 0 radical (unpaired) electrons. The van der Waals surface area contributed by atoms with Gasteiger partial charge in [-0.25, -0.2) is 4.39 Å². The second-order valence-electron chi connectivity index (χ2n) is 7.97. The number of nitrogens with zero attached hydrogens (tertiary/aromatic N) is 3. The largest absolute Gasteiger partial charge is 0.312 e. The van der Waals surface area contributed by atoms with Gasteiger partial charge in [-0.05, 0) is 55.3 Å². The molecule has 2 aromatic rings. The minimum atomic E-state index is -0.164. The fourth-order valence-corrected chi connectivity index (χ4v) is 4.39. The highest BCUT2D eigenvalue weighted by atomic mass is 19.1. The summed E-state index contributed by atoms with van der Waals surface area (Å²) in [5.74, 6) is 0.462. The summed E-state index contributed by atoms with van der Waals surface area (Å²) in [6.07, 6.45) is 1.75. The van der Waals surface area contributed by atoms with Crippen LogP contribution in [0.2, 0.25) is 0 Å². The highest BCUT2D eigenvalue weighted by Gasteiger charge is 2.32. The van der Waals surface area contributed by atoms with E-state index in [-0.39, 0.29) is 11.7 Å². The van der Waals surface area contributed by atoms with Crippen molar-refractivity contribution in [3.05, 3.63) is 66.0 Å². The number of carbonyl (C=O) groups excluding carboxylic acids is 1. The molecule has 0 aromatic heterocycles. The van der Waals surface area contributed by atoms with Crippen molar-refractivity contribution < 1.29 is 9.18 Å². The minimum Gasteiger partial charge on any atom is -0.312 e. The molecule has 0 aliphatic carbocycles. The molecule has 148 valence electrons. The fourth-order valence-electron chi connectivity index (χ4n) is 4.39. The summed E-state index contributed by atoms with van der Waals surface area (Å²) in [5, 5.41) is 0. The number of hydrogen-bond donors (Lipinski definition) is 0. The molecule has 0 bridgehead atoms. The van der Waals surface area contributed by atoms with Gasteiger partial charge in [-0.1, -0.05) is 30.3 Å². The van der Waals surface area contributed by atoms with Crippen LogP contribution in [0.3, 0.4) is 0 Å². The van der Waals surface area contributed by atoms with Gasteiger partial charge in [0, 0.05) is 44.8 Å². The van der Waals surface area contributed by atoms with Gasteiger partial charge in [-0.3, -0.25) is 9.69 Å². The molecule has 0 unspecified atom stereocenters. The van der Waals surface area contributed by atoms with Gasteiger partial charge in [0.15, 0.2) is 0 Å². The smallest absolute Gasteiger partial charge is 0.227 e. The molecule has 1 amide bonds. The molecule has 2 heterocycles. The molecule has 2 aliphatic heterocycles. The topological polar surface area (TPSA) is 26.8 Å². The van der Waals surface area contributed by atoms with Crippen LogP contribution in [0.25, 0.3) is 0 Å². The molecular weight excluding hydrogens is 353 g/mol. The highest BCUT2D eigenvalue weighted by Crippen LogP contribution is 2.25. The number of amides is 1. The van der Waals surface area contributed by atoms with Crippen LogP contribution in [0.1, 0.15) is 18.4 Å². The molecule has 4 nitrogen and oxygen atoms in total. The average molecular weight is 381 g/mol. The van der Waals surface area contributed by atoms with Gasteiger partial charge in [-0.2, -0.15) is 0 Å². The first-order valence-corrected chi connectivity index (χ1v) is 10.2. The second-order valence-corrected chi connectivity index (χ2v) is 7.97. The van der Waals surface area contributed by atoms with Gasteiger partial charge in [0.1, 0.15) is 5.82 Å². The molecule has 2 fully saturated rings. The van der Waals surface area contributed by atoms with Crippen LogP contribution in [-0.2, 0) is 11.3 Å². The van der Waals surface area contributed by atoms with Crippen LogP contribution in [0.5, 0.6) is 0 Å². The number of hydrogen-bond acceptors (Lipinski definition) is 3. The van der Waals surface area contributed by atoms with Crippen molar-refractivity contribution in [2.24, 2.45) is 5.92 Å². The summed E-state index contributed by atoms with van der Waals surface area (Å²) < 4.78 is 13.4. The van der Waals surface area contributed by atoms with E-state index >= 15 is 0 Å². The Morgan fingerprint density at radius 1 is 0.929 bits per heavy atom. The summed E-state index contributed by atoms with van der Waals surface area (Å²) >= 11 is 0. The summed E-state index contributed by atoms with van der Waals surface area (Å²) in [5.41, 5.74) is 2.04. The lowest BCUT2D eigenvalue weighted by Gasteiger charge is -2.24.